The van der Waals surface area contributed by atoms with Gasteiger partial charge in [-0.25, -0.2) is 0 Å². The molecule has 0 fully saturated rings. The minimum atomic E-state index is -0.479. The molecular formula is C24H28N4O5S. The highest BCUT2D eigenvalue weighted by atomic mass is 32.2. The highest BCUT2D eigenvalue weighted by Crippen LogP contribution is 2.27. The van der Waals surface area contributed by atoms with Gasteiger partial charge in [-0.05, 0) is 69.3 Å². The van der Waals surface area contributed by atoms with E-state index < -0.39 is 5.25 Å². The van der Waals surface area contributed by atoms with Gasteiger partial charge in [0.15, 0.2) is 11.0 Å². The summed E-state index contributed by atoms with van der Waals surface area (Å²) < 4.78 is 17.6. The van der Waals surface area contributed by atoms with Crippen molar-refractivity contribution in [3.05, 3.63) is 59.9 Å². The number of carbonyl (C=O) groups excluding carboxylic acids is 2. The number of nitrogens with one attached hydrogen (secondary N) is 1. The summed E-state index contributed by atoms with van der Waals surface area (Å²) in [5.74, 6) is 1.35. The number of carbonyl (C=O) groups is 2. The second-order valence-corrected chi connectivity index (χ2v) is 8.39. The van der Waals surface area contributed by atoms with Gasteiger partial charge in [0.25, 0.3) is 5.91 Å². The molecule has 1 unspecified atom stereocenters. The lowest BCUT2D eigenvalue weighted by Gasteiger charge is -2.14. The van der Waals surface area contributed by atoms with Crippen molar-refractivity contribution in [3.8, 4) is 17.2 Å². The molecule has 0 aliphatic rings. The average Bonchev–Trinajstić information content (AvgIpc) is 3.25. The fourth-order valence-corrected chi connectivity index (χ4v) is 3.96. The molecule has 0 aliphatic heterocycles. The molecular weight excluding hydrogens is 456 g/mol. The van der Waals surface area contributed by atoms with Gasteiger partial charge in [0.2, 0.25) is 0 Å². The summed E-state index contributed by atoms with van der Waals surface area (Å²) >= 11 is 1.24. The van der Waals surface area contributed by atoms with E-state index in [1.165, 1.54) is 11.8 Å². The lowest BCUT2D eigenvalue weighted by molar-refractivity contribution is -0.142. The Kier molecular flexibility index (Phi) is 8.92. The third-order valence-corrected chi connectivity index (χ3v) is 5.79. The van der Waals surface area contributed by atoms with Crippen LogP contribution < -0.4 is 14.8 Å². The molecule has 9 nitrogen and oxygen atoms in total. The molecule has 180 valence electrons. The van der Waals surface area contributed by atoms with Crippen LogP contribution >= 0.6 is 11.8 Å². The van der Waals surface area contributed by atoms with Crippen molar-refractivity contribution in [1.82, 2.24) is 20.1 Å². The van der Waals surface area contributed by atoms with Crippen LogP contribution in [-0.2, 0) is 16.1 Å². The Morgan fingerprint density at radius 3 is 2.29 bits per heavy atom. The van der Waals surface area contributed by atoms with Gasteiger partial charge in [-0.15, -0.1) is 10.2 Å². The van der Waals surface area contributed by atoms with Crippen molar-refractivity contribution in [2.24, 2.45) is 0 Å². The van der Waals surface area contributed by atoms with Gasteiger partial charge in [-0.1, -0.05) is 11.8 Å². The molecule has 0 spiro atoms. The quantitative estimate of drug-likeness (QED) is 0.325. The van der Waals surface area contributed by atoms with E-state index in [1.807, 2.05) is 35.8 Å². The SMILES string of the molecule is CCOC(=O)C(C)Sc1nnc(CNC(=O)c2ccc(OC)cc2)n1-c1ccc(OCC)cc1. The Hall–Kier alpha value is -3.53. The zero-order valence-electron chi connectivity index (χ0n) is 19.6. The largest absolute Gasteiger partial charge is 0.497 e. The average molecular weight is 485 g/mol. The molecule has 1 aromatic heterocycles. The highest BCUT2D eigenvalue weighted by molar-refractivity contribution is 8.00. The van der Waals surface area contributed by atoms with Crippen LogP contribution in [0, 0.1) is 0 Å². The Morgan fingerprint density at radius 1 is 1.00 bits per heavy atom. The second-order valence-electron chi connectivity index (χ2n) is 7.08. The van der Waals surface area contributed by atoms with E-state index >= 15 is 0 Å². The maximum absolute atomic E-state index is 12.6. The monoisotopic (exact) mass is 484 g/mol. The smallest absolute Gasteiger partial charge is 0.319 e. The third kappa shape index (κ3) is 6.28. The topological polar surface area (TPSA) is 105 Å². The number of nitrogens with zero attached hydrogens (tertiary/aromatic N) is 3. The fourth-order valence-electron chi connectivity index (χ4n) is 3.08. The summed E-state index contributed by atoms with van der Waals surface area (Å²) in [4.78, 5) is 24.8. The normalized spacial score (nSPS) is 11.5. The molecule has 0 saturated heterocycles. The summed E-state index contributed by atoms with van der Waals surface area (Å²) in [6.45, 7) is 6.44. The van der Waals surface area contributed by atoms with Crippen LogP contribution in [0.5, 0.6) is 11.5 Å². The molecule has 0 saturated carbocycles. The lowest BCUT2D eigenvalue weighted by atomic mass is 10.2. The van der Waals surface area contributed by atoms with E-state index in [0.717, 1.165) is 11.4 Å². The first-order valence-corrected chi connectivity index (χ1v) is 11.8. The number of aromatic nitrogens is 3. The van der Waals surface area contributed by atoms with Crippen LogP contribution in [-0.4, -0.2) is 52.2 Å². The number of rotatable bonds is 11. The van der Waals surface area contributed by atoms with Crippen LogP contribution in [0.1, 0.15) is 37.0 Å². The number of hydrogen-bond acceptors (Lipinski definition) is 8. The first kappa shape index (κ1) is 25.1. The minimum Gasteiger partial charge on any atom is -0.497 e. The van der Waals surface area contributed by atoms with Crippen molar-refractivity contribution in [2.75, 3.05) is 20.3 Å². The van der Waals surface area contributed by atoms with E-state index in [4.69, 9.17) is 14.2 Å². The van der Waals surface area contributed by atoms with Gasteiger partial charge in [-0.2, -0.15) is 0 Å². The Labute approximate surface area is 202 Å². The molecule has 0 radical (unpaired) electrons. The maximum atomic E-state index is 12.6. The number of esters is 1. The van der Waals surface area contributed by atoms with E-state index in [1.54, 1.807) is 45.2 Å². The zero-order chi connectivity index (χ0) is 24.5. The van der Waals surface area contributed by atoms with Crippen LogP contribution in [0.25, 0.3) is 5.69 Å². The fraction of sp³-hybridized carbons (Fsp3) is 0.333. The summed E-state index contributed by atoms with van der Waals surface area (Å²) in [5, 5.41) is 11.5. The standard InChI is InChI=1S/C24H28N4O5S/c1-5-32-20-13-9-18(10-14-20)28-21(26-27-24(28)34-16(3)23(30)33-6-2)15-25-22(29)17-7-11-19(31-4)12-8-17/h7-14,16H,5-6,15H2,1-4H3,(H,25,29). The van der Waals surface area contributed by atoms with Crippen LogP contribution in [0.15, 0.2) is 53.7 Å². The van der Waals surface area contributed by atoms with Gasteiger partial charge in [0, 0.05) is 11.3 Å². The van der Waals surface area contributed by atoms with Crippen LogP contribution in [0.2, 0.25) is 0 Å². The van der Waals surface area contributed by atoms with Gasteiger partial charge >= 0.3 is 5.97 Å². The molecule has 10 heteroatoms. The van der Waals surface area contributed by atoms with Gasteiger partial charge in [0.05, 0.1) is 26.9 Å². The van der Waals surface area contributed by atoms with E-state index in [0.29, 0.717) is 35.5 Å². The van der Waals surface area contributed by atoms with Crippen molar-refractivity contribution in [3.63, 3.8) is 0 Å². The van der Waals surface area contributed by atoms with Crippen LogP contribution in [0.4, 0.5) is 0 Å². The van der Waals surface area contributed by atoms with Gasteiger partial charge in [-0.3, -0.25) is 14.2 Å². The molecule has 34 heavy (non-hydrogen) atoms. The minimum absolute atomic E-state index is 0.138. The van der Waals surface area contributed by atoms with Crippen molar-refractivity contribution >= 4 is 23.6 Å². The van der Waals surface area contributed by atoms with Crippen molar-refractivity contribution in [2.45, 2.75) is 37.7 Å². The first-order chi connectivity index (χ1) is 16.5. The Bertz CT molecular complexity index is 1100. The van der Waals surface area contributed by atoms with E-state index in [2.05, 4.69) is 15.5 Å². The van der Waals surface area contributed by atoms with E-state index in [9.17, 15) is 9.59 Å². The molecule has 1 heterocycles. The second kappa shape index (κ2) is 12.1. The Morgan fingerprint density at radius 2 is 1.68 bits per heavy atom. The predicted octanol–water partition coefficient (Wildman–Crippen LogP) is 3.65. The van der Waals surface area contributed by atoms with Crippen molar-refractivity contribution < 1.29 is 23.8 Å². The molecule has 1 amide bonds. The maximum Gasteiger partial charge on any atom is 0.319 e. The third-order valence-electron chi connectivity index (χ3n) is 4.77. The highest BCUT2D eigenvalue weighted by Gasteiger charge is 2.22. The number of hydrogen-bond donors (Lipinski definition) is 1. The number of amides is 1. The summed E-state index contributed by atoms with van der Waals surface area (Å²) in [5.41, 5.74) is 1.28. The first-order valence-electron chi connectivity index (χ1n) is 10.9. The molecule has 1 N–H and O–H groups in total. The molecule has 3 rings (SSSR count). The van der Waals surface area contributed by atoms with Crippen LogP contribution in [0.3, 0.4) is 0 Å². The summed E-state index contributed by atoms with van der Waals surface area (Å²) in [7, 11) is 1.57. The zero-order valence-corrected chi connectivity index (χ0v) is 20.4. The van der Waals surface area contributed by atoms with E-state index in [-0.39, 0.29) is 18.4 Å². The molecule has 2 aromatic carbocycles. The number of thioether (sulfide) groups is 1. The summed E-state index contributed by atoms with van der Waals surface area (Å²) in [6.07, 6.45) is 0. The van der Waals surface area contributed by atoms with Gasteiger partial charge < -0.3 is 19.5 Å². The summed E-state index contributed by atoms with van der Waals surface area (Å²) in [6, 6.07) is 14.3. The molecule has 1 atom stereocenters. The molecule has 0 aliphatic carbocycles. The number of ether oxygens (including phenoxy) is 3. The lowest BCUT2D eigenvalue weighted by Crippen LogP contribution is -2.24. The van der Waals surface area contributed by atoms with Crippen molar-refractivity contribution in [1.29, 1.82) is 0 Å². The van der Waals surface area contributed by atoms with Gasteiger partial charge in [0.1, 0.15) is 16.7 Å². The number of methoxy groups -OCH3 is 1. The predicted molar refractivity (Wildman–Crippen MR) is 129 cm³/mol. The number of benzene rings is 2. The molecule has 3 aromatic rings. The Balaban J connectivity index is 1.84. The molecule has 0 bridgehead atoms.